The molecule has 1 unspecified atom stereocenters. The number of amides is 1. The van der Waals surface area contributed by atoms with E-state index in [0.717, 1.165) is 16.9 Å². The van der Waals surface area contributed by atoms with Crippen molar-refractivity contribution >= 4 is 5.91 Å². The molecule has 6 nitrogen and oxygen atoms in total. The van der Waals surface area contributed by atoms with Gasteiger partial charge in [-0.3, -0.25) is 9.78 Å². The average molecular weight is 323 g/mol. The summed E-state index contributed by atoms with van der Waals surface area (Å²) in [6, 6.07) is 12.6. The molecule has 1 atom stereocenters. The van der Waals surface area contributed by atoms with Crippen LogP contribution in [0.1, 0.15) is 29.0 Å². The summed E-state index contributed by atoms with van der Waals surface area (Å²) < 4.78 is 10.6. The zero-order valence-electron chi connectivity index (χ0n) is 13.4. The molecule has 122 valence electrons. The summed E-state index contributed by atoms with van der Waals surface area (Å²) >= 11 is 0. The van der Waals surface area contributed by atoms with E-state index in [9.17, 15) is 4.79 Å². The molecule has 6 heteroatoms. The van der Waals surface area contributed by atoms with Crippen LogP contribution < -0.4 is 10.1 Å². The summed E-state index contributed by atoms with van der Waals surface area (Å²) in [6.45, 7) is 1.89. The second-order valence-corrected chi connectivity index (χ2v) is 5.26. The van der Waals surface area contributed by atoms with Crippen LogP contribution in [0.15, 0.2) is 59.4 Å². The SMILES string of the molecule is COc1ccccc1C(C)NC(=O)c1cc(-c2cccnc2)on1. The highest BCUT2D eigenvalue weighted by atomic mass is 16.5. The van der Waals surface area contributed by atoms with Gasteiger partial charge in [-0.25, -0.2) is 0 Å². The lowest BCUT2D eigenvalue weighted by Gasteiger charge is -2.16. The Hall–Kier alpha value is -3.15. The molecule has 24 heavy (non-hydrogen) atoms. The van der Waals surface area contributed by atoms with Crippen molar-refractivity contribution in [3.63, 3.8) is 0 Å². The van der Waals surface area contributed by atoms with E-state index in [1.165, 1.54) is 0 Å². The maximum atomic E-state index is 12.4. The van der Waals surface area contributed by atoms with E-state index in [2.05, 4.69) is 15.5 Å². The number of nitrogens with one attached hydrogen (secondary N) is 1. The van der Waals surface area contributed by atoms with Crippen LogP contribution in [0.4, 0.5) is 0 Å². The second kappa shape index (κ2) is 6.95. The Bertz CT molecular complexity index is 830. The first-order valence-electron chi connectivity index (χ1n) is 7.50. The van der Waals surface area contributed by atoms with Crippen LogP contribution in [-0.4, -0.2) is 23.2 Å². The molecule has 2 aromatic heterocycles. The van der Waals surface area contributed by atoms with E-state index in [1.54, 1.807) is 31.6 Å². The third-order valence-electron chi connectivity index (χ3n) is 3.64. The Morgan fingerprint density at radius 3 is 2.83 bits per heavy atom. The first-order chi connectivity index (χ1) is 11.7. The van der Waals surface area contributed by atoms with Crippen molar-refractivity contribution in [3.05, 3.63) is 66.1 Å². The molecule has 1 aromatic carbocycles. The highest BCUT2D eigenvalue weighted by Crippen LogP contribution is 2.25. The molecular formula is C18H17N3O3. The molecule has 0 saturated heterocycles. The number of aromatic nitrogens is 2. The summed E-state index contributed by atoms with van der Waals surface area (Å²) in [4.78, 5) is 16.4. The quantitative estimate of drug-likeness (QED) is 0.780. The second-order valence-electron chi connectivity index (χ2n) is 5.26. The Labute approximate surface area is 139 Å². The molecule has 0 radical (unpaired) electrons. The first kappa shape index (κ1) is 15.7. The van der Waals surface area contributed by atoms with E-state index in [4.69, 9.17) is 9.26 Å². The fourth-order valence-corrected chi connectivity index (χ4v) is 2.40. The number of carbonyl (C=O) groups is 1. The van der Waals surface area contributed by atoms with Crippen LogP contribution >= 0.6 is 0 Å². The Kier molecular flexibility index (Phi) is 4.56. The summed E-state index contributed by atoms with van der Waals surface area (Å²) in [5.41, 5.74) is 1.88. The van der Waals surface area contributed by atoms with Gasteiger partial charge in [0, 0.05) is 29.6 Å². The van der Waals surface area contributed by atoms with Crippen molar-refractivity contribution in [2.24, 2.45) is 0 Å². The predicted molar refractivity (Wildman–Crippen MR) is 88.6 cm³/mol. The molecule has 0 bridgehead atoms. The number of para-hydroxylation sites is 1. The van der Waals surface area contributed by atoms with E-state index in [-0.39, 0.29) is 17.6 Å². The summed E-state index contributed by atoms with van der Waals surface area (Å²) in [5, 5.41) is 6.73. The van der Waals surface area contributed by atoms with Crippen LogP contribution in [-0.2, 0) is 0 Å². The predicted octanol–water partition coefficient (Wildman–Crippen LogP) is 3.24. The molecule has 0 spiro atoms. The number of benzene rings is 1. The van der Waals surface area contributed by atoms with Crippen molar-refractivity contribution in [1.29, 1.82) is 0 Å². The number of nitrogens with zero attached hydrogens (tertiary/aromatic N) is 2. The van der Waals surface area contributed by atoms with Gasteiger partial charge in [-0.15, -0.1) is 0 Å². The van der Waals surface area contributed by atoms with Crippen molar-refractivity contribution in [2.75, 3.05) is 7.11 Å². The number of ether oxygens (including phenoxy) is 1. The molecule has 0 aliphatic rings. The van der Waals surface area contributed by atoms with Crippen LogP contribution in [0.5, 0.6) is 5.75 Å². The molecule has 0 aliphatic carbocycles. The smallest absolute Gasteiger partial charge is 0.273 e. The number of hydrogen-bond acceptors (Lipinski definition) is 5. The Morgan fingerprint density at radius 1 is 1.25 bits per heavy atom. The van der Waals surface area contributed by atoms with E-state index in [1.807, 2.05) is 37.3 Å². The van der Waals surface area contributed by atoms with Gasteiger partial charge in [0.05, 0.1) is 13.2 Å². The van der Waals surface area contributed by atoms with Gasteiger partial charge in [-0.05, 0) is 25.1 Å². The van der Waals surface area contributed by atoms with Gasteiger partial charge in [0.1, 0.15) is 5.75 Å². The van der Waals surface area contributed by atoms with Gasteiger partial charge in [0.2, 0.25) is 0 Å². The average Bonchev–Trinajstić information content (AvgIpc) is 3.12. The van der Waals surface area contributed by atoms with Gasteiger partial charge in [0.15, 0.2) is 11.5 Å². The van der Waals surface area contributed by atoms with Crippen LogP contribution in [0.2, 0.25) is 0 Å². The van der Waals surface area contributed by atoms with Gasteiger partial charge in [-0.2, -0.15) is 0 Å². The van der Waals surface area contributed by atoms with Gasteiger partial charge in [0.25, 0.3) is 5.91 Å². The largest absolute Gasteiger partial charge is 0.496 e. The van der Waals surface area contributed by atoms with Gasteiger partial charge >= 0.3 is 0 Å². The van der Waals surface area contributed by atoms with E-state index >= 15 is 0 Å². The topological polar surface area (TPSA) is 77.2 Å². The van der Waals surface area contributed by atoms with Gasteiger partial charge < -0.3 is 14.6 Å². The molecule has 2 heterocycles. The first-order valence-corrected chi connectivity index (χ1v) is 7.50. The minimum Gasteiger partial charge on any atom is -0.496 e. The monoisotopic (exact) mass is 323 g/mol. The van der Waals surface area contributed by atoms with Crippen molar-refractivity contribution < 1.29 is 14.1 Å². The third kappa shape index (κ3) is 3.27. The number of carbonyl (C=O) groups excluding carboxylic acids is 1. The van der Waals surface area contributed by atoms with E-state index < -0.39 is 0 Å². The highest BCUT2D eigenvalue weighted by Gasteiger charge is 2.18. The lowest BCUT2D eigenvalue weighted by atomic mass is 10.1. The molecule has 1 amide bonds. The van der Waals surface area contributed by atoms with Gasteiger partial charge in [-0.1, -0.05) is 23.4 Å². The Morgan fingerprint density at radius 2 is 2.08 bits per heavy atom. The third-order valence-corrected chi connectivity index (χ3v) is 3.64. The highest BCUT2D eigenvalue weighted by molar-refractivity contribution is 5.93. The van der Waals surface area contributed by atoms with E-state index in [0.29, 0.717) is 5.76 Å². The Balaban J connectivity index is 1.75. The standard InChI is InChI=1S/C18H17N3O3/c1-12(14-7-3-4-8-16(14)23-2)20-18(22)15-10-17(24-21-15)13-6-5-9-19-11-13/h3-12H,1-2H3,(H,20,22). The number of hydrogen-bond donors (Lipinski definition) is 1. The van der Waals surface area contributed by atoms with Crippen molar-refractivity contribution in [2.45, 2.75) is 13.0 Å². The molecule has 3 rings (SSSR count). The zero-order chi connectivity index (χ0) is 16.9. The maximum Gasteiger partial charge on any atom is 0.273 e. The molecular weight excluding hydrogens is 306 g/mol. The molecule has 0 aliphatic heterocycles. The minimum atomic E-state index is -0.313. The number of pyridine rings is 1. The number of methoxy groups -OCH3 is 1. The van der Waals surface area contributed by atoms with Crippen LogP contribution in [0, 0.1) is 0 Å². The lowest BCUT2D eigenvalue weighted by Crippen LogP contribution is -2.27. The fraction of sp³-hybridized carbons (Fsp3) is 0.167. The lowest BCUT2D eigenvalue weighted by molar-refractivity contribution is 0.0930. The summed E-state index contributed by atoms with van der Waals surface area (Å²) in [5.74, 6) is 0.909. The molecule has 0 saturated carbocycles. The van der Waals surface area contributed by atoms with Crippen molar-refractivity contribution in [1.82, 2.24) is 15.5 Å². The maximum absolute atomic E-state index is 12.4. The fourth-order valence-electron chi connectivity index (χ4n) is 2.40. The van der Waals surface area contributed by atoms with Crippen LogP contribution in [0.25, 0.3) is 11.3 Å². The molecule has 1 N–H and O–H groups in total. The molecule has 0 fully saturated rings. The van der Waals surface area contributed by atoms with Crippen molar-refractivity contribution in [3.8, 4) is 17.1 Å². The molecule has 3 aromatic rings. The summed E-state index contributed by atoms with van der Waals surface area (Å²) in [6.07, 6.45) is 3.32. The summed E-state index contributed by atoms with van der Waals surface area (Å²) in [7, 11) is 1.60. The van der Waals surface area contributed by atoms with Crippen LogP contribution in [0.3, 0.4) is 0 Å². The number of rotatable bonds is 5. The minimum absolute atomic E-state index is 0.218. The normalized spacial score (nSPS) is 11.8. The zero-order valence-corrected chi connectivity index (χ0v) is 13.4.